The van der Waals surface area contributed by atoms with Gasteiger partial charge in [-0.3, -0.25) is 0 Å². The fourth-order valence-electron chi connectivity index (χ4n) is 1.93. The summed E-state index contributed by atoms with van der Waals surface area (Å²) in [5.74, 6) is 0. The van der Waals surface area contributed by atoms with Crippen LogP contribution in [-0.4, -0.2) is 15.0 Å². The fourth-order valence-corrected chi connectivity index (χ4v) is 2.74. The van der Waals surface area contributed by atoms with Gasteiger partial charge in [0.1, 0.15) is 0 Å². The van der Waals surface area contributed by atoms with E-state index in [1.807, 2.05) is 6.07 Å². The number of hydrogen-bond acceptors (Lipinski definition) is 4. The van der Waals surface area contributed by atoms with Gasteiger partial charge in [0, 0.05) is 18.7 Å². The van der Waals surface area contributed by atoms with E-state index >= 15 is 0 Å². The van der Waals surface area contributed by atoms with Crippen molar-refractivity contribution in [2.75, 3.05) is 11.9 Å². The van der Waals surface area contributed by atoms with E-state index in [9.17, 15) is 8.42 Å². The van der Waals surface area contributed by atoms with Gasteiger partial charge < -0.3 is 5.32 Å². The molecule has 5 nitrogen and oxygen atoms in total. The molecular formula is C14H21N3O2S. The molecule has 1 rings (SSSR count). The monoisotopic (exact) mass is 295 g/mol. The topological polar surface area (TPSA) is 96.0 Å². The molecule has 0 spiro atoms. The number of benzene rings is 1. The van der Waals surface area contributed by atoms with Crippen molar-refractivity contribution in [3.8, 4) is 6.07 Å². The standard InChI is InChI=1S/C14H21N3O2S/c1-11-12(6-4-7-13(11)20(16,18)19)17-10-14(2,3)8-5-9-15/h4,6-7,17H,5,8,10H2,1-3H3,(H2,16,18,19). The lowest BCUT2D eigenvalue weighted by Gasteiger charge is -2.25. The average Bonchev–Trinajstić information content (AvgIpc) is 2.34. The Bertz CT molecular complexity index is 616. The van der Waals surface area contributed by atoms with Crippen LogP contribution in [0.15, 0.2) is 23.1 Å². The van der Waals surface area contributed by atoms with Crippen LogP contribution in [0.25, 0.3) is 0 Å². The van der Waals surface area contributed by atoms with Gasteiger partial charge in [0.15, 0.2) is 0 Å². The van der Waals surface area contributed by atoms with E-state index in [4.69, 9.17) is 10.4 Å². The average molecular weight is 295 g/mol. The molecule has 20 heavy (non-hydrogen) atoms. The third-order valence-corrected chi connectivity index (χ3v) is 4.32. The smallest absolute Gasteiger partial charge is 0.238 e. The van der Waals surface area contributed by atoms with E-state index in [-0.39, 0.29) is 10.3 Å². The molecule has 3 N–H and O–H groups in total. The van der Waals surface area contributed by atoms with Crippen LogP contribution < -0.4 is 10.5 Å². The van der Waals surface area contributed by atoms with Crippen LogP contribution >= 0.6 is 0 Å². The van der Waals surface area contributed by atoms with Gasteiger partial charge in [0.05, 0.1) is 11.0 Å². The van der Waals surface area contributed by atoms with Crippen molar-refractivity contribution in [2.45, 2.75) is 38.5 Å². The summed E-state index contributed by atoms with van der Waals surface area (Å²) in [4.78, 5) is 0.136. The highest BCUT2D eigenvalue weighted by Crippen LogP contribution is 2.26. The predicted molar refractivity (Wildman–Crippen MR) is 79.7 cm³/mol. The van der Waals surface area contributed by atoms with E-state index in [0.29, 0.717) is 18.5 Å². The van der Waals surface area contributed by atoms with Gasteiger partial charge in [-0.05, 0) is 36.5 Å². The van der Waals surface area contributed by atoms with Crippen LogP contribution in [0.1, 0.15) is 32.3 Å². The van der Waals surface area contributed by atoms with Gasteiger partial charge in [0.25, 0.3) is 0 Å². The van der Waals surface area contributed by atoms with Gasteiger partial charge in [-0.2, -0.15) is 5.26 Å². The Labute approximate surface area is 120 Å². The van der Waals surface area contributed by atoms with Crippen molar-refractivity contribution in [1.82, 2.24) is 0 Å². The maximum Gasteiger partial charge on any atom is 0.238 e. The van der Waals surface area contributed by atoms with E-state index in [0.717, 1.165) is 12.1 Å². The molecule has 6 heteroatoms. The van der Waals surface area contributed by atoms with Crippen molar-refractivity contribution in [1.29, 1.82) is 5.26 Å². The van der Waals surface area contributed by atoms with Crippen LogP contribution in [0.4, 0.5) is 5.69 Å². The minimum Gasteiger partial charge on any atom is -0.384 e. The number of nitriles is 1. The minimum atomic E-state index is -3.71. The fraction of sp³-hybridized carbons (Fsp3) is 0.500. The molecule has 0 heterocycles. The number of nitrogens with two attached hydrogens (primary N) is 1. The summed E-state index contributed by atoms with van der Waals surface area (Å²) in [6, 6.07) is 7.12. The summed E-state index contributed by atoms with van der Waals surface area (Å²) in [6.45, 7) is 6.51. The first kappa shape index (κ1) is 16.5. The predicted octanol–water partition coefficient (Wildman–Crippen LogP) is 2.38. The van der Waals surface area contributed by atoms with Crippen LogP contribution in [-0.2, 0) is 10.0 Å². The molecule has 0 radical (unpaired) electrons. The molecule has 0 amide bonds. The maximum atomic E-state index is 11.5. The van der Waals surface area contributed by atoms with Gasteiger partial charge in [-0.15, -0.1) is 0 Å². The van der Waals surface area contributed by atoms with E-state index in [2.05, 4.69) is 25.2 Å². The Morgan fingerprint density at radius 1 is 1.40 bits per heavy atom. The molecule has 0 aliphatic rings. The first-order valence-corrected chi connectivity index (χ1v) is 7.95. The lowest BCUT2D eigenvalue weighted by Crippen LogP contribution is -2.23. The number of nitrogens with zero attached hydrogens (tertiary/aromatic N) is 1. The molecule has 0 fully saturated rings. The normalized spacial score (nSPS) is 11.9. The zero-order chi connectivity index (χ0) is 15.4. The molecule has 0 aromatic heterocycles. The minimum absolute atomic E-state index is 0.0419. The van der Waals surface area contributed by atoms with Crippen LogP contribution in [0.3, 0.4) is 0 Å². The number of hydrogen-bond donors (Lipinski definition) is 2. The summed E-state index contributed by atoms with van der Waals surface area (Å²) in [6.07, 6.45) is 1.29. The number of nitrogens with one attached hydrogen (secondary N) is 1. The molecule has 0 aliphatic heterocycles. The summed E-state index contributed by atoms with van der Waals surface area (Å²) in [5, 5.41) is 17.1. The van der Waals surface area contributed by atoms with Crippen molar-refractivity contribution in [2.24, 2.45) is 10.6 Å². The Kier molecular flexibility index (Phi) is 5.15. The molecule has 1 aromatic rings. The Balaban J connectivity index is 2.88. The van der Waals surface area contributed by atoms with Crippen LogP contribution in [0, 0.1) is 23.7 Å². The number of anilines is 1. The zero-order valence-electron chi connectivity index (χ0n) is 12.1. The van der Waals surface area contributed by atoms with E-state index in [1.165, 1.54) is 6.07 Å². The molecule has 110 valence electrons. The van der Waals surface area contributed by atoms with Crippen molar-refractivity contribution >= 4 is 15.7 Å². The molecule has 0 bridgehead atoms. The second-order valence-corrected chi connectivity index (χ2v) is 7.18. The Morgan fingerprint density at radius 3 is 2.60 bits per heavy atom. The molecular weight excluding hydrogens is 274 g/mol. The lowest BCUT2D eigenvalue weighted by molar-refractivity contribution is 0.363. The Hall–Kier alpha value is -1.58. The molecule has 0 saturated heterocycles. The second-order valence-electron chi connectivity index (χ2n) is 5.65. The number of rotatable bonds is 6. The van der Waals surface area contributed by atoms with Crippen molar-refractivity contribution < 1.29 is 8.42 Å². The third-order valence-electron chi connectivity index (χ3n) is 3.26. The van der Waals surface area contributed by atoms with Crippen molar-refractivity contribution in [3.05, 3.63) is 23.8 Å². The van der Waals surface area contributed by atoms with Crippen LogP contribution in [0.5, 0.6) is 0 Å². The van der Waals surface area contributed by atoms with E-state index in [1.54, 1.807) is 13.0 Å². The largest absolute Gasteiger partial charge is 0.384 e. The number of sulfonamides is 1. The molecule has 0 saturated carbocycles. The quantitative estimate of drug-likeness (QED) is 0.842. The second kappa shape index (κ2) is 6.25. The third kappa shape index (κ3) is 4.51. The summed E-state index contributed by atoms with van der Waals surface area (Å²) < 4.78 is 22.9. The van der Waals surface area contributed by atoms with Crippen molar-refractivity contribution in [3.63, 3.8) is 0 Å². The van der Waals surface area contributed by atoms with Gasteiger partial charge in [0.2, 0.25) is 10.0 Å². The highest BCUT2D eigenvalue weighted by Gasteiger charge is 2.19. The lowest BCUT2D eigenvalue weighted by atomic mass is 9.88. The van der Waals surface area contributed by atoms with Gasteiger partial charge in [-0.25, -0.2) is 13.6 Å². The highest BCUT2D eigenvalue weighted by atomic mass is 32.2. The van der Waals surface area contributed by atoms with Crippen LogP contribution in [0.2, 0.25) is 0 Å². The first-order chi connectivity index (χ1) is 9.17. The number of primary sulfonamides is 1. The molecule has 0 unspecified atom stereocenters. The first-order valence-electron chi connectivity index (χ1n) is 6.40. The Morgan fingerprint density at radius 2 is 2.05 bits per heavy atom. The summed E-state index contributed by atoms with van der Waals surface area (Å²) >= 11 is 0. The molecule has 1 aromatic carbocycles. The SMILES string of the molecule is Cc1c(NCC(C)(C)CCC#N)cccc1S(N)(=O)=O. The van der Waals surface area contributed by atoms with Gasteiger partial charge >= 0.3 is 0 Å². The highest BCUT2D eigenvalue weighted by molar-refractivity contribution is 7.89. The molecule has 0 aliphatic carbocycles. The maximum absolute atomic E-state index is 11.5. The summed E-state index contributed by atoms with van der Waals surface area (Å²) in [7, 11) is -3.71. The zero-order valence-corrected chi connectivity index (χ0v) is 12.9. The van der Waals surface area contributed by atoms with Gasteiger partial charge in [-0.1, -0.05) is 19.9 Å². The summed E-state index contributed by atoms with van der Waals surface area (Å²) in [5.41, 5.74) is 1.33. The molecule has 0 atom stereocenters. The van der Waals surface area contributed by atoms with E-state index < -0.39 is 10.0 Å².